The molecule has 0 aliphatic heterocycles. The van der Waals surface area contributed by atoms with Gasteiger partial charge in [-0.3, -0.25) is 9.59 Å². The highest BCUT2D eigenvalue weighted by molar-refractivity contribution is 9.10. The molecule has 1 heterocycles. The summed E-state index contributed by atoms with van der Waals surface area (Å²) in [6.45, 7) is 0. The van der Waals surface area contributed by atoms with Crippen molar-refractivity contribution in [1.29, 1.82) is 0 Å². The minimum atomic E-state index is -1.10. The summed E-state index contributed by atoms with van der Waals surface area (Å²) in [4.78, 5) is 22.8. The van der Waals surface area contributed by atoms with Gasteiger partial charge in [0.05, 0.1) is 23.1 Å². The lowest BCUT2D eigenvalue weighted by atomic mass is 10.1. The average Bonchev–Trinajstić information content (AvgIpc) is 2.78. The van der Waals surface area contributed by atoms with Crippen molar-refractivity contribution < 1.29 is 22.8 Å². The number of hydrogen-bond acceptors (Lipinski definition) is 3. The molecule has 0 fully saturated rings. The normalized spacial score (nSPS) is 10.3. The van der Waals surface area contributed by atoms with E-state index in [1.54, 1.807) is 0 Å². The molecule has 1 aromatic heterocycles. The predicted molar refractivity (Wildman–Crippen MR) is 69.2 cm³/mol. The highest BCUT2D eigenvalue weighted by atomic mass is 79.9. The summed E-state index contributed by atoms with van der Waals surface area (Å²) in [6, 6.07) is 2.66. The molecule has 0 unspecified atom stereocenters. The third kappa shape index (κ3) is 2.69. The Bertz CT molecular complexity index is 700. The van der Waals surface area contributed by atoms with Crippen LogP contribution in [-0.4, -0.2) is 11.8 Å². The van der Waals surface area contributed by atoms with Crippen molar-refractivity contribution in [1.82, 2.24) is 0 Å². The van der Waals surface area contributed by atoms with E-state index in [0.29, 0.717) is 6.07 Å². The van der Waals surface area contributed by atoms with Gasteiger partial charge in [-0.25, -0.2) is 8.78 Å². The van der Waals surface area contributed by atoms with E-state index < -0.39 is 29.0 Å². The Balaban J connectivity index is 2.34. The third-order valence-electron chi connectivity index (χ3n) is 2.43. The van der Waals surface area contributed by atoms with Crippen molar-refractivity contribution in [3.63, 3.8) is 0 Å². The van der Waals surface area contributed by atoms with Gasteiger partial charge < -0.3 is 15.5 Å². The molecule has 1 aromatic carbocycles. The van der Waals surface area contributed by atoms with Crippen molar-refractivity contribution in [2.75, 3.05) is 5.32 Å². The first-order chi connectivity index (χ1) is 9.40. The molecule has 0 saturated heterocycles. The van der Waals surface area contributed by atoms with Crippen LogP contribution in [0.4, 0.5) is 14.5 Å². The van der Waals surface area contributed by atoms with Gasteiger partial charge in [-0.15, -0.1) is 0 Å². The summed E-state index contributed by atoms with van der Waals surface area (Å²) in [6.07, 6.45) is 1.26. The summed E-state index contributed by atoms with van der Waals surface area (Å²) in [5, 5.41) is 2.20. The second kappa shape index (κ2) is 5.41. The molecule has 0 spiro atoms. The van der Waals surface area contributed by atoms with Crippen LogP contribution in [-0.2, 0) is 0 Å². The minimum absolute atomic E-state index is 0.120. The Kier molecular flexibility index (Phi) is 3.84. The number of nitrogens with two attached hydrogens (primary N) is 1. The standard InChI is InChI=1S/C12H7BrF2N2O3/c13-10-5(1-2-20-10)12(19)17-9-3-6(11(16)18)7(14)4-8(9)15/h1-4H,(H2,16,18)(H,17,19). The number of halogens is 3. The number of benzene rings is 1. The molecule has 5 nitrogen and oxygen atoms in total. The quantitative estimate of drug-likeness (QED) is 0.897. The molecule has 0 bridgehead atoms. The first kappa shape index (κ1) is 14.2. The summed E-state index contributed by atoms with van der Waals surface area (Å²) in [7, 11) is 0. The van der Waals surface area contributed by atoms with Crippen LogP contribution in [0.5, 0.6) is 0 Å². The number of hydrogen-bond donors (Lipinski definition) is 2. The Labute approximate surface area is 119 Å². The van der Waals surface area contributed by atoms with Crippen LogP contribution >= 0.6 is 15.9 Å². The minimum Gasteiger partial charge on any atom is -0.457 e. The fraction of sp³-hybridized carbons (Fsp3) is 0. The maximum absolute atomic E-state index is 13.6. The zero-order valence-electron chi connectivity index (χ0n) is 9.75. The smallest absolute Gasteiger partial charge is 0.260 e. The topological polar surface area (TPSA) is 85.3 Å². The van der Waals surface area contributed by atoms with Crippen LogP contribution < -0.4 is 11.1 Å². The summed E-state index contributed by atoms with van der Waals surface area (Å²) < 4.78 is 31.9. The molecule has 3 N–H and O–H groups in total. The van der Waals surface area contributed by atoms with E-state index in [-0.39, 0.29) is 15.9 Å². The van der Waals surface area contributed by atoms with Crippen LogP contribution in [0.15, 0.2) is 33.5 Å². The van der Waals surface area contributed by atoms with Crippen LogP contribution in [0.1, 0.15) is 20.7 Å². The Morgan fingerprint density at radius 2 is 1.90 bits per heavy atom. The van der Waals surface area contributed by atoms with Crippen molar-refractivity contribution in [3.05, 3.63) is 51.9 Å². The van der Waals surface area contributed by atoms with E-state index >= 15 is 0 Å². The molecule has 0 saturated carbocycles. The number of primary amides is 1. The largest absolute Gasteiger partial charge is 0.457 e. The van der Waals surface area contributed by atoms with E-state index in [0.717, 1.165) is 6.07 Å². The second-order valence-electron chi connectivity index (χ2n) is 3.74. The number of anilines is 1. The van der Waals surface area contributed by atoms with Gasteiger partial charge in [-0.2, -0.15) is 0 Å². The van der Waals surface area contributed by atoms with Crippen molar-refractivity contribution >= 4 is 33.4 Å². The molecule has 2 amide bonds. The van der Waals surface area contributed by atoms with E-state index in [4.69, 9.17) is 10.2 Å². The van der Waals surface area contributed by atoms with Crippen molar-refractivity contribution in [2.45, 2.75) is 0 Å². The van der Waals surface area contributed by atoms with Crippen molar-refractivity contribution in [3.8, 4) is 0 Å². The number of amides is 2. The summed E-state index contributed by atoms with van der Waals surface area (Å²) in [5.41, 5.74) is 4.18. The van der Waals surface area contributed by atoms with Crippen LogP contribution in [0.2, 0.25) is 0 Å². The zero-order valence-corrected chi connectivity index (χ0v) is 11.3. The van der Waals surface area contributed by atoms with Gasteiger partial charge in [-0.1, -0.05) is 0 Å². The number of carbonyl (C=O) groups is 2. The highest BCUT2D eigenvalue weighted by Gasteiger charge is 2.18. The molecule has 20 heavy (non-hydrogen) atoms. The first-order valence-corrected chi connectivity index (χ1v) is 6.02. The first-order valence-electron chi connectivity index (χ1n) is 5.23. The van der Waals surface area contributed by atoms with Gasteiger partial charge in [0.15, 0.2) is 4.67 Å². The number of nitrogens with one attached hydrogen (secondary N) is 1. The fourth-order valence-electron chi connectivity index (χ4n) is 1.48. The second-order valence-corrected chi connectivity index (χ2v) is 4.46. The lowest BCUT2D eigenvalue weighted by molar-refractivity contribution is 0.0992. The Morgan fingerprint density at radius 3 is 2.45 bits per heavy atom. The summed E-state index contributed by atoms with van der Waals surface area (Å²) >= 11 is 2.99. The highest BCUT2D eigenvalue weighted by Crippen LogP contribution is 2.22. The van der Waals surface area contributed by atoms with E-state index in [2.05, 4.69) is 21.2 Å². The van der Waals surface area contributed by atoms with Crippen LogP contribution in [0.25, 0.3) is 0 Å². The van der Waals surface area contributed by atoms with E-state index in [1.807, 2.05) is 0 Å². The zero-order chi connectivity index (χ0) is 14.9. The summed E-state index contributed by atoms with van der Waals surface area (Å²) in [5.74, 6) is -3.88. The van der Waals surface area contributed by atoms with Gasteiger partial charge in [-0.05, 0) is 28.1 Å². The molecular formula is C12H7BrF2N2O3. The van der Waals surface area contributed by atoms with Gasteiger partial charge in [0.2, 0.25) is 0 Å². The maximum Gasteiger partial charge on any atom is 0.260 e. The van der Waals surface area contributed by atoms with Gasteiger partial charge >= 0.3 is 0 Å². The van der Waals surface area contributed by atoms with Gasteiger partial charge in [0, 0.05) is 6.07 Å². The monoisotopic (exact) mass is 344 g/mol. The van der Waals surface area contributed by atoms with Crippen molar-refractivity contribution in [2.24, 2.45) is 5.73 Å². The molecule has 8 heteroatoms. The number of carbonyl (C=O) groups excluding carboxylic acids is 2. The molecule has 0 aliphatic rings. The maximum atomic E-state index is 13.6. The molecule has 2 rings (SSSR count). The number of furan rings is 1. The Hall–Kier alpha value is -2.22. The Morgan fingerprint density at radius 1 is 1.20 bits per heavy atom. The number of rotatable bonds is 3. The van der Waals surface area contributed by atoms with Gasteiger partial charge in [0.25, 0.3) is 11.8 Å². The van der Waals surface area contributed by atoms with E-state index in [1.165, 1.54) is 12.3 Å². The lowest BCUT2D eigenvalue weighted by Crippen LogP contribution is -2.17. The molecule has 0 atom stereocenters. The molecule has 104 valence electrons. The van der Waals surface area contributed by atoms with Crippen LogP contribution in [0.3, 0.4) is 0 Å². The van der Waals surface area contributed by atoms with Crippen LogP contribution in [0, 0.1) is 11.6 Å². The molecule has 0 aliphatic carbocycles. The lowest BCUT2D eigenvalue weighted by Gasteiger charge is -2.07. The SMILES string of the molecule is NC(=O)c1cc(NC(=O)c2ccoc2Br)c(F)cc1F. The van der Waals surface area contributed by atoms with Gasteiger partial charge in [0.1, 0.15) is 11.6 Å². The molecule has 0 radical (unpaired) electrons. The third-order valence-corrected chi connectivity index (χ3v) is 3.05. The average molecular weight is 345 g/mol. The molecule has 2 aromatic rings. The molecular weight excluding hydrogens is 338 g/mol. The van der Waals surface area contributed by atoms with E-state index in [9.17, 15) is 18.4 Å². The predicted octanol–water partition coefficient (Wildman–Crippen LogP) is 2.67. The fourth-order valence-corrected chi connectivity index (χ4v) is 1.90.